The van der Waals surface area contributed by atoms with E-state index in [1.807, 2.05) is 6.92 Å². The highest BCUT2D eigenvalue weighted by Gasteiger charge is 2.25. The lowest BCUT2D eigenvalue weighted by atomic mass is 9.93. The smallest absolute Gasteiger partial charge is 0.0619 e. The number of nitrogens with zero attached hydrogens (tertiary/aromatic N) is 1. The Morgan fingerprint density at radius 1 is 1.57 bits per heavy atom. The van der Waals surface area contributed by atoms with Crippen molar-refractivity contribution in [3.8, 4) is 0 Å². The maximum atomic E-state index is 6.05. The summed E-state index contributed by atoms with van der Waals surface area (Å²) in [6, 6.07) is 0.848. The van der Waals surface area contributed by atoms with Gasteiger partial charge in [0, 0.05) is 25.2 Å². The summed E-state index contributed by atoms with van der Waals surface area (Å²) in [5, 5.41) is 0. The summed E-state index contributed by atoms with van der Waals surface area (Å²) in [6.45, 7) is 10.3. The molecular weight excluding hydrogens is 176 g/mol. The Labute approximate surface area is 87.6 Å². The van der Waals surface area contributed by atoms with Crippen molar-refractivity contribution in [2.24, 2.45) is 11.7 Å². The maximum Gasteiger partial charge on any atom is 0.0619 e. The zero-order valence-corrected chi connectivity index (χ0v) is 9.70. The second-order valence-corrected chi connectivity index (χ2v) is 4.43. The first-order valence-corrected chi connectivity index (χ1v) is 5.72. The van der Waals surface area contributed by atoms with E-state index in [0.717, 1.165) is 19.8 Å². The van der Waals surface area contributed by atoms with E-state index in [1.165, 1.54) is 13.0 Å². The third kappa shape index (κ3) is 3.23. The number of rotatable bonds is 4. The van der Waals surface area contributed by atoms with Gasteiger partial charge in [-0.1, -0.05) is 6.92 Å². The van der Waals surface area contributed by atoms with Crippen LogP contribution in [0.5, 0.6) is 0 Å². The number of nitrogens with two attached hydrogens (primary N) is 1. The van der Waals surface area contributed by atoms with Crippen LogP contribution in [0.2, 0.25) is 0 Å². The Kier molecular flexibility index (Phi) is 4.85. The lowest BCUT2D eigenvalue weighted by molar-refractivity contribution is 0.0503. The van der Waals surface area contributed by atoms with E-state index in [2.05, 4.69) is 18.7 Å². The summed E-state index contributed by atoms with van der Waals surface area (Å²) in [5.41, 5.74) is 6.05. The van der Waals surface area contributed by atoms with Gasteiger partial charge in [-0.25, -0.2) is 0 Å². The number of hydrogen-bond donors (Lipinski definition) is 1. The van der Waals surface area contributed by atoms with E-state index in [9.17, 15) is 0 Å². The lowest BCUT2D eigenvalue weighted by Crippen LogP contribution is -2.51. The molecule has 1 heterocycles. The highest BCUT2D eigenvalue weighted by atomic mass is 16.5. The van der Waals surface area contributed by atoms with Crippen molar-refractivity contribution in [2.45, 2.75) is 39.3 Å². The fraction of sp³-hybridized carbons (Fsp3) is 1.00. The fourth-order valence-corrected chi connectivity index (χ4v) is 1.92. The summed E-state index contributed by atoms with van der Waals surface area (Å²) in [4.78, 5) is 2.44. The average molecular weight is 200 g/mol. The monoisotopic (exact) mass is 200 g/mol. The molecule has 1 aliphatic rings. The Bertz CT molecular complexity index is 163. The van der Waals surface area contributed by atoms with Gasteiger partial charge in [-0.15, -0.1) is 0 Å². The first-order chi connectivity index (χ1) is 6.65. The number of likely N-dealkylation sites (tertiary alicyclic amines) is 1. The zero-order chi connectivity index (χ0) is 10.6. The lowest BCUT2D eigenvalue weighted by Gasteiger charge is -2.38. The van der Waals surface area contributed by atoms with Gasteiger partial charge in [-0.05, 0) is 32.7 Å². The van der Waals surface area contributed by atoms with Crippen LogP contribution in [-0.4, -0.2) is 43.3 Å². The van der Waals surface area contributed by atoms with Crippen LogP contribution < -0.4 is 5.73 Å². The van der Waals surface area contributed by atoms with Gasteiger partial charge < -0.3 is 10.5 Å². The molecule has 3 nitrogen and oxygen atoms in total. The Morgan fingerprint density at radius 3 is 2.86 bits per heavy atom. The van der Waals surface area contributed by atoms with Crippen molar-refractivity contribution in [1.82, 2.24) is 4.90 Å². The number of piperidine rings is 1. The fourth-order valence-electron chi connectivity index (χ4n) is 1.92. The Balaban J connectivity index is 2.30. The van der Waals surface area contributed by atoms with Crippen LogP contribution in [-0.2, 0) is 4.74 Å². The minimum atomic E-state index is 0.341. The van der Waals surface area contributed by atoms with Gasteiger partial charge in [-0.2, -0.15) is 0 Å². The summed E-state index contributed by atoms with van der Waals surface area (Å²) >= 11 is 0. The third-order valence-corrected chi connectivity index (χ3v) is 3.23. The van der Waals surface area contributed by atoms with Crippen LogP contribution in [0.1, 0.15) is 27.2 Å². The molecule has 3 heteroatoms. The summed E-state index contributed by atoms with van der Waals surface area (Å²) in [5.74, 6) is 0.672. The molecule has 1 rings (SSSR count). The molecule has 0 saturated carbocycles. The molecule has 1 aliphatic heterocycles. The summed E-state index contributed by atoms with van der Waals surface area (Å²) in [6.07, 6.45) is 1.22. The van der Waals surface area contributed by atoms with Crippen LogP contribution >= 0.6 is 0 Å². The van der Waals surface area contributed by atoms with Gasteiger partial charge in [0.25, 0.3) is 0 Å². The van der Waals surface area contributed by atoms with Crippen molar-refractivity contribution < 1.29 is 4.74 Å². The number of ether oxygens (including phenoxy) is 1. The highest BCUT2D eigenvalue weighted by molar-refractivity contribution is 4.82. The molecule has 84 valence electrons. The molecule has 0 aliphatic carbocycles. The molecule has 1 saturated heterocycles. The van der Waals surface area contributed by atoms with E-state index in [1.54, 1.807) is 0 Å². The second-order valence-electron chi connectivity index (χ2n) is 4.43. The molecule has 0 aromatic carbocycles. The van der Waals surface area contributed by atoms with Crippen molar-refractivity contribution >= 4 is 0 Å². The van der Waals surface area contributed by atoms with Crippen LogP contribution in [0.15, 0.2) is 0 Å². The first-order valence-electron chi connectivity index (χ1n) is 5.72. The Hall–Kier alpha value is -0.120. The van der Waals surface area contributed by atoms with E-state index >= 15 is 0 Å². The molecule has 0 radical (unpaired) electrons. The van der Waals surface area contributed by atoms with E-state index in [4.69, 9.17) is 10.5 Å². The molecular formula is C11H24N2O. The normalized spacial score (nSPS) is 31.7. The van der Waals surface area contributed by atoms with Gasteiger partial charge in [0.05, 0.1) is 6.61 Å². The van der Waals surface area contributed by atoms with Gasteiger partial charge in [0.15, 0.2) is 0 Å². The van der Waals surface area contributed by atoms with E-state index in [-0.39, 0.29) is 0 Å². The zero-order valence-electron chi connectivity index (χ0n) is 9.70. The van der Waals surface area contributed by atoms with Gasteiger partial charge in [0.2, 0.25) is 0 Å². The SMILES string of the molecule is CCOCC(C)N1CCC(C)C(N)C1. The van der Waals surface area contributed by atoms with Gasteiger partial charge >= 0.3 is 0 Å². The molecule has 3 atom stereocenters. The third-order valence-electron chi connectivity index (χ3n) is 3.23. The molecule has 0 spiro atoms. The van der Waals surface area contributed by atoms with Gasteiger partial charge in [0.1, 0.15) is 0 Å². The highest BCUT2D eigenvalue weighted by Crippen LogP contribution is 2.17. The molecule has 1 fully saturated rings. The molecule has 0 aromatic rings. The van der Waals surface area contributed by atoms with Crippen molar-refractivity contribution in [1.29, 1.82) is 0 Å². The number of hydrogen-bond acceptors (Lipinski definition) is 3. The van der Waals surface area contributed by atoms with Crippen LogP contribution in [0.4, 0.5) is 0 Å². The van der Waals surface area contributed by atoms with Crippen molar-refractivity contribution in [2.75, 3.05) is 26.3 Å². The Morgan fingerprint density at radius 2 is 2.29 bits per heavy atom. The van der Waals surface area contributed by atoms with Crippen molar-refractivity contribution in [3.63, 3.8) is 0 Å². The maximum absolute atomic E-state index is 6.05. The topological polar surface area (TPSA) is 38.5 Å². The predicted molar refractivity (Wildman–Crippen MR) is 59.3 cm³/mol. The molecule has 0 amide bonds. The quantitative estimate of drug-likeness (QED) is 0.738. The first kappa shape index (κ1) is 12.0. The van der Waals surface area contributed by atoms with Crippen LogP contribution in [0, 0.1) is 5.92 Å². The molecule has 0 aromatic heterocycles. The summed E-state index contributed by atoms with van der Waals surface area (Å²) < 4.78 is 5.43. The molecule has 2 N–H and O–H groups in total. The minimum Gasteiger partial charge on any atom is -0.380 e. The summed E-state index contributed by atoms with van der Waals surface area (Å²) in [7, 11) is 0. The molecule has 14 heavy (non-hydrogen) atoms. The standard InChI is InChI=1S/C11H24N2O/c1-4-14-8-10(3)13-6-5-9(2)11(12)7-13/h9-11H,4-8,12H2,1-3H3. The second kappa shape index (κ2) is 5.69. The van der Waals surface area contributed by atoms with Gasteiger partial charge in [-0.3, -0.25) is 4.90 Å². The van der Waals surface area contributed by atoms with E-state index in [0.29, 0.717) is 18.0 Å². The van der Waals surface area contributed by atoms with E-state index < -0.39 is 0 Å². The minimum absolute atomic E-state index is 0.341. The largest absolute Gasteiger partial charge is 0.380 e. The molecule has 0 bridgehead atoms. The molecule has 3 unspecified atom stereocenters. The van der Waals surface area contributed by atoms with Crippen LogP contribution in [0.3, 0.4) is 0 Å². The average Bonchev–Trinajstić information content (AvgIpc) is 2.18. The predicted octanol–water partition coefficient (Wildman–Crippen LogP) is 1.08. The van der Waals surface area contributed by atoms with Crippen LogP contribution in [0.25, 0.3) is 0 Å². The van der Waals surface area contributed by atoms with Crippen molar-refractivity contribution in [3.05, 3.63) is 0 Å².